The molecule has 2 unspecified atom stereocenters. The van der Waals surface area contributed by atoms with Gasteiger partial charge in [-0.25, -0.2) is 8.42 Å². The first kappa shape index (κ1) is 21.1. The molecular weight excluding hydrogens is 398 g/mol. The highest BCUT2D eigenvalue weighted by Gasteiger charge is 2.42. The Morgan fingerprint density at radius 1 is 1.36 bits per heavy atom. The van der Waals surface area contributed by atoms with Crippen LogP contribution < -0.4 is 10.6 Å². The van der Waals surface area contributed by atoms with Gasteiger partial charge in [0.15, 0.2) is 15.0 Å². The van der Waals surface area contributed by atoms with Gasteiger partial charge in [-0.2, -0.15) is 0 Å². The van der Waals surface area contributed by atoms with Crippen LogP contribution in [-0.2, 0) is 14.6 Å². The monoisotopic (exact) mass is 425 g/mol. The maximum absolute atomic E-state index is 12.4. The van der Waals surface area contributed by atoms with Crippen LogP contribution in [0.5, 0.6) is 0 Å². The zero-order valence-electron chi connectivity index (χ0n) is 16.4. The molecule has 1 aromatic carbocycles. The molecule has 2 aliphatic rings. The topological polar surface area (TPSA) is 96.9 Å². The average molecular weight is 426 g/mol. The number of sulfone groups is 1. The Labute approximate surface area is 170 Å². The highest BCUT2D eigenvalue weighted by Crippen LogP contribution is 2.35. The molecule has 9 heteroatoms. The van der Waals surface area contributed by atoms with Gasteiger partial charge in [0.05, 0.1) is 23.7 Å². The van der Waals surface area contributed by atoms with Crippen molar-refractivity contribution in [2.24, 2.45) is 4.99 Å². The quantitative estimate of drug-likeness (QED) is 0.650. The number of amidine groups is 1. The summed E-state index contributed by atoms with van der Waals surface area (Å²) in [5, 5.41) is 6.88. The van der Waals surface area contributed by atoms with Gasteiger partial charge < -0.3 is 15.4 Å². The summed E-state index contributed by atoms with van der Waals surface area (Å²) in [7, 11) is -2.96. The zero-order valence-corrected chi connectivity index (χ0v) is 18.0. The number of carbonyl (C=O) groups excluding carboxylic acids is 1. The number of thioether (sulfide) groups is 1. The molecular formula is C19H27N3O4S2. The minimum Gasteiger partial charge on any atom is -0.379 e. The number of aryl methyl sites for hydroxylation is 1. The molecule has 0 aliphatic carbocycles. The van der Waals surface area contributed by atoms with Gasteiger partial charge in [-0.1, -0.05) is 17.8 Å². The smallest absolute Gasteiger partial charge is 0.251 e. The lowest BCUT2D eigenvalue weighted by Crippen LogP contribution is -2.25. The molecule has 3 rings (SSSR count). The van der Waals surface area contributed by atoms with Gasteiger partial charge >= 0.3 is 0 Å². The van der Waals surface area contributed by atoms with Gasteiger partial charge in [0.25, 0.3) is 5.91 Å². The molecule has 2 aliphatic heterocycles. The maximum atomic E-state index is 12.4. The van der Waals surface area contributed by atoms with E-state index in [-0.39, 0.29) is 34.8 Å². The number of aliphatic imine (C=N–C) groups is 1. The van der Waals surface area contributed by atoms with Crippen molar-refractivity contribution in [3.63, 3.8) is 0 Å². The summed E-state index contributed by atoms with van der Waals surface area (Å²) in [6.45, 7) is 7.10. The summed E-state index contributed by atoms with van der Waals surface area (Å²) in [5.74, 6) is 0.174. The Kier molecular flexibility index (Phi) is 6.67. The number of amides is 1. The molecule has 2 heterocycles. The van der Waals surface area contributed by atoms with Crippen LogP contribution in [-0.4, -0.2) is 61.5 Å². The van der Waals surface area contributed by atoms with Crippen LogP contribution in [0.25, 0.3) is 0 Å². The molecule has 2 atom stereocenters. The van der Waals surface area contributed by atoms with Crippen LogP contribution in [0, 0.1) is 6.92 Å². The molecule has 2 N–H and O–H groups in total. The molecule has 0 spiro atoms. The Morgan fingerprint density at radius 2 is 2.14 bits per heavy atom. The fourth-order valence-electron chi connectivity index (χ4n) is 3.12. The molecule has 0 bridgehead atoms. The zero-order chi connectivity index (χ0) is 20.3. The van der Waals surface area contributed by atoms with Crippen molar-refractivity contribution in [2.75, 3.05) is 30.0 Å². The third-order valence-electron chi connectivity index (χ3n) is 4.62. The van der Waals surface area contributed by atoms with Gasteiger partial charge in [-0.05, 0) is 44.9 Å². The van der Waals surface area contributed by atoms with Gasteiger partial charge in [-0.15, -0.1) is 0 Å². The molecule has 1 amide bonds. The molecule has 1 aromatic rings. The van der Waals surface area contributed by atoms with Crippen LogP contribution in [0.4, 0.5) is 5.69 Å². The Hall–Kier alpha value is -1.58. The van der Waals surface area contributed by atoms with Crippen LogP contribution in [0.1, 0.15) is 36.2 Å². The Bertz CT molecular complexity index is 868. The molecule has 0 aromatic heterocycles. The molecule has 28 heavy (non-hydrogen) atoms. The second-order valence-corrected chi connectivity index (χ2v) is 10.8. The molecule has 0 radical (unpaired) electrons. The van der Waals surface area contributed by atoms with Crippen molar-refractivity contribution in [1.29, 1.82) is 0 Å². The number of nitrogens with one attached hydrogen (secondary N) is 2. The van der Waals surface area contributed by atoms with Crippen molar-refractivity contribution in [3.8, 4) is 0 Å². The largest absolute Gasteiger partial charge is 0.379 e. The normalized spacial score (nSPS) is 22.8. The second-order valence-electron chi connectivity index (χ2n) is 7.42. The van der Waals surface area contributed by atoms with E-state index < -0.39 is 9.84 Å². The lowest BCUT2D eigenvalue weighted by molar-refractivity contribution is 0.0757. The highest BCUT2D eigenvalue weighted by molar-refractivity contribution is 8.15. The second kappa shape index (κ2) is 8.84. The Morgan fingerprint density at radius 3 is 2.86 bits per heavy atom. The van der Waals surface area contributed by atoms with E-state index in [4.69, 9.17) is 4.74 Å². The van der Waals surface area contributed by atoms with Crippen LogP contribution >= 0.6 is 11.8 Å². The van der Waals surface area contributed by atoms with E-state index in [1.165, 1.54) is 11.8 Å². The van der Waals surface area contributed by atoms with E-state index >= 15 is 0 Å². The van der Waals surface area contributed by atoms with Gasteiger partial charge in [0.1, 0.15) is 0 Å². The summed E-state index contributed by atoms with van der Waals surface area (Å²) < 4.78 is 28.8. The van der Waals surface area contributed by atoms with E-state index in [2.05, 4.69) is 15.6 Å². The fraction of sp³-hybridized carbons (Fsp3) is 0.579. The molecule has 1 saturated heterocycles. The summed E-state index contributed by atoms with van der Waals surface area (Å²) in [6, 6.07) is 5.33. The SMILES string of the molecule is Cc1ccc(C(=O)NCCCOC(C)C)cc1NC1=NC2CS(=O)(=O)CC2S1. The van der Waals surface area contributed by atoms with E-state index in [9.17, 15) is 13.2 Å². The number of hydrogen-bond acceptors (Lipinski definition) is 7. The number of carbonyl (C=O) groups is 1. The van der Waals surface area contributed by atoms with Crippen molar-refractivity contribution >= 4 is 38.4 Å². The minimum atomic E-state index is -2.96. The number of ether oxygens (including phenoxy) is 1. The molecule has 154 valence electrons. The van der Waals surface area contributed by atoms with Gasteiger partial charge in [0, 0.05) is 29.7 Å². The van der Waals surface area contributed by atoms with E-state index in [0.717, 1.165) is 22.8 Å². The first-order valence-corrected chi connectivity index (χ1v) is 12.2. The minimum absolute atomic E-state index is 0.00709. The van der Waals surface area contributed by atoms with E-state index in [0.29, 0.717) is 18.7 Å². The summed E-state index contributed by atoms with van der Waals surface area (Å²) in [4.78, 5) is 16.9. The number of fused-ring (bicyclic) bond motifs is 1. The number of rotatable bonds is 7. The third kappa shape index (κ3) is 5.48. The van der Waals surface area contributed by atoms with Crippen LogP contribution in [0.3, 0.4) is 0 Å². The summed E-state index contributed by atoms with van der Waals surface area (Å²) in [6.07, 6.45) is 0.956. The fourth-order valence-corrected chi connectivity index (χ4v) is 6.79. The summed E-state index contributed by atoms with van der Waals surface area (Å²) in [5.41, 5.74) is 2.38. The van der Waals surface area contributed by atoms with Crippen molar-refractivity contribution in [3.05, 3.63) is 29.3 Å². The number of anilines is 1. The van der Waals surface area contributed by atoms with Crippen LogP contribution in [0.2, 0.25) is 0 Å². The number of hydrogen-bond donors (Lipinski definition) is 2. The average Bonchev–Trinajstić information content (AvgIpc) is 3.08. The predicted molar refractivity (Wildman–Crippen MR) is 114 cm³/mol. The standard InChI is InChI=1S/C19H27N3O4S2/c1-12(2)26-8-4-7-20-18(23)14-6-5-13(3)15(9-14)21-19-22-16-10-28(24,25)11-17(16)27-19/h5-6,9,12,16-17H,4,7-8,10-11H2,1-3H3,(H,20,23)(H,21,22). The highest BCUT2D eigenvalue weighted by atomic mass is 32.2. The molecule has 7 nitrogen and oxygen atoms in total. The first-order valence-electron chi connectivity index (χ1n) is 9.46. The van der Waals surface area contributed by atoms with Crippen molar-refractivity contribution in [1.82, 2.24) is 5.32 Å². The van der Waals surface area contributed by atoms with Crippen molar-refractivity contribution in [2.45, 2.75) is 44.6 Å². The van der Waals surface area contributed by atoms with Gasteiger partial charge in [0.2, 0.25) is 0 Å². The lowest BCUT2D eigenvalue weighted by Gasteiger charge is -2.12. The number of nitrogens with zero attached hydrogens (tertiary/aromatic N) is 1. The Balaban J connectivity index is 1.57. The number of benzene rings is 1. The summed E-state index contributed by atoms with van der Waals surface area (Å²) >= 11 is 1.47. The lowest BCUT2D eigenvalue weighted by atomic mass is 10.1. The predicted octanol–water partition coefficient (Wildman–Crippen LogP) is 2.22. The van der Waals surface area contributed by atoms with Crippen molar-refractivity contribution < 1.29 is 17.9 Å². The first-order chi connectivity index (χ1) is 13.2. The van der Waals surface area contributed by atoms with Gasteiger partial charge in [-0.3, -0.25) is 9.79 Å². The molecule has 0 saturated carbocycles. The third-order valence-corrected chi connectivity index (χ3v) is 7.76. The molecule has 1 fully saturated rings. The van der Waals surface area contributed by atoms with E-state index in [1.54, 1.807) is 6.07 Å². The van der Waals surface area contributed by atoms with Crippen LogP contribution in [0.15, 0.2) is 23.2 Å². The maximum Gasteiger partial charge on any atom is 0.251 e. The van der Waals surface area contributed by atoms with E-state index in [1.807, 2.05) is 32.9 Å².